The molecular formula is C19H21N3O4. The maximum atomic E-state index is 13.0. The number of piperazine rings is 1. The largest absolute Gasteiger partial charge is 0.496 e. The average Bonchev–Trinajstić information content (AvgIpc) is 2.72. The van der Waals surface area contributed by atoms with E-state index in [9.17, 15) is 9.59 Å². The number of amides is 2. The molecule has 7 nitrogen and oxygen atoms in total. The number of benzene rings is 1. The molecule has 7 heteroatoms. The predicted octanol–water partition coefficient (Wildman–Crippen LogP) is 1.70. The second-order valence-corrected chi connectivity index (χ2v) is 5.84. The smallest absolute Gasteiger partial charge is 0.272 e. The molecule has 0 saturated carbocycles. The van der Waals surface area contributed by atoms with Gasteiger partial charge in [0.1, 0.15) is 22.8 Å². The molecule has 0 aliphatic carbocycles. The van der Waals surface area contributed by atoms with Crippen LogP contribution in [0.1, 0.15) is 20.8 Å². The minimum atomic E-state index is -0.163. The van der Waals surface area contributed by atoms with Crippen LogP contribution in [0.15, 0.2) is 42.6 Å². The number of hydrogen-bond acceptors (Lipinski definition) is 5. The zero-order valence-corrected chi connectivity index (χ0v) is 14.8. The number of ether oxygens (including phenoxy) is 2. The summed E-state index contributed by atoms with van der Waals surface area (Å²) < 4.78 is 10.6. The zero-order valence-electron chi connectivity index (χ0n) is 14.8. The third-order valence-corrected chi connectivity index (χ3v) is 4.38. The summed E-state index contributed by atoms with van der Waals surface area (Å²) in [5, 5.41) is 0. The van der Waals surface area contributed by atoms with E-state index in [-0.39, 0.29) is 11.8 Å². The third kappa shape index (κ3) is 3.46. The first-order valence-electron chi connectivity index (χ1n) is 8.36. The fourth-order valence-corrected chi connectivity index (χ4v) is 2.98. The Morgan fingerprint density at radius 3 is 1.92 bits per heavy atom. The van der Waals surface area contributed by atoms with Crippen molar-refractivity contribution in [2.75, 3.05) is 40.4 Å². The van der Waals surface area contributed by atoms with Gasteiger partial charge in [0, 0.05) is 32.4 Å². The van der Waals surface area contributed by atoms with Crippen molar-refractivity contribution in [2.24, 2.45) is 0 Å². The van der Waals surface area contributed by atoms with Crippen molar-refractivity contribution < 1.29 is 19.1 Å². The second-order valence-electron chi connectivity index (χ2n) is 5.84. The van der Waals surface area contributed by atoms with E-state index in [1.165, 1.54) is 14.2 Å². The lowest BCUT2D eigenvalue weighted by Gasteiger charge is -2.35. The SMILES string of the molecule is COc1cccc(OC)c1C(=O)N1CCN(C(=O)c2ccccn2)CC1. The van der Waals surface area contributed by atoms with E-state index in [0.717, 1.165) is 0 Å². The lowest BCUT2D eigenvalue weighted by atomic mass is 10.1. The van der Waals surface area contributed by atoms with E-state index in [2.05, 4.69) is 4.98 Å². The number of carbonyl (C=O) groups excluding carboxylic acids is 2. The second kappa shape index (κ2) is 7.86. The molecule has 1 aromatic heterocycles. The molecule has 1 aliphatic heterocycles. The fraction of sp³-hybridized carbons (Fsp3) is 0.316. The molecule has 0 unspecified atom stereocenters. The number of methoxy groups -OCH3 is 2. The van der Waals surface area contributed by atoms with Crippen LogP contribution in [0.25, 0.3) is 0 Å². The number of carbonyl (C=O) groups is 2. The maximum Gasteiger partial charge on any atom is 0.272 e. The normalized spacial score (nSPS) is 14.1. The molecular weight excluding hydrogens is 334 g/mol. The maximum absolute atomic E-state index is 13.0. The van der Waals surface area contributed by atoms with E-state index < -0.39 is 0 Å². The molecule has 1 aromatic carbocycles. The summed E-state index contributed by atoms with van der Waals surface area (Å²) >= 11 is 0. The highest BCUT2D eigenvalue weighted by Gasteiger charge is 2.29. The molecule has 0 bridgehead atoms. The van der Waals surface area contributed by atoms with E-state index in [0.29, 0.717) is 48.9 Å². The Morgan fingerprint density at radius 1 is 0.846 bits per heavy atom. The number of nitrogens with zero attached hydrogens (tertiary/aromatic N) is 3. The van der Waals surface area contributed by atoms with Crippen LogP contribution in [-0.2, 0) is 0 Å². The molecule has 1 fully saturated rings. The first-order chi connectivity index (χ1) is 12.7. The Kier molecular flexibility index (Phi) is 5.36. The van der Waals surface area contributed by atoms with Gasteiger partial charge >= 0.3 is 0 Å². The molecule has 0 atom stereocenters. The Balaban J connectivity index is 1.71. The molecule has 136 valence electrons. The van der Waals surface area contributed by atoms with Crippen LogP contribution in [-0.4, -0.2) is 67.0 Å². The van der Waals surface area contributed by atoms with Crippen molar-refractivity contribution >= 4 is 11.8 Å². The van der Waals surface area contributed by atoms with Crippen LogP contribution in [0.4, 0.5) is 0 Å². The minimum Gasteiger partial charge on any atom is -0.496 e. The van der Waals surface area contributed by atoms with Crippen LogP contribution >= 0.6 is 0 Å². The Bertz CT molecular complexity index is 764. The Morgan fingerprint density at radius 2 is 1.42 bits per heavy atom. The summed E-state index contributed by atoms with van der Waals surface area (Å²) in [4.78, 5) is 32.9. The van der Waals surface area contributed by atoms with Gasteiger partial charge in [-0.05, 0) is 24.3 Å². The molecule has 2 aromatic rings. The van der Waals surface area contributed by atoms with Crippen molar-refractivity contribution in [3.05, 3.63) is 53.9 Å². The monoisotopic (exact) mass is 355 g/mol. The van der Waals surface area contributed by atoms with Crippen molar-refractivity contribution in [1.82, 2.24) is 14.8 Å². The molecule has 2 heterocycles. The van der Waals surface area contributed by atoms with Gasteiger partial charge in [-0.15, -0.1) is 0 Å². The Labute approximate surface area is 152 Å². The zero-order chi connectivity index (χ0) is 18.5. The number of pyridine rings is 1. The lowest BCUT2D eigenvalue weighted by molar-refractivity contribution is 0.0528. The van der Waals surface area contributed by atoms with Crippen LogP contribution in [0.5, 0.6) is 11.5 Å². The van der Waals surface area contributed by atoms with Gasteiger partial charge < -0.3 is 19.3 Å². The van der Waals surface area contributed by atoms with Crippen LogP contribution in [0.3, 0.4) is 0 Å². The molecule has 0 radical (unpaired) electrons. The van der Waals surface area contributed by atoms with Gasteiger partial charge in [-0.1, -0.05) is 12.1 Å². The van der Waals surface area contributed by atoms with Gasteiger partial charge in [-0.25, -0.2) is 0 Å². The van der Waals surface area contributed by atoms with Gasteiger partial charge in [-0.3, -0.25) is 14.6 Å². The lowest BCUT2D eigenvalue weighted by Crippen LogP contribution is -2.50. The summed E-state index contributed by atoms with van der Waals surface area (Å²) in [5.74, 6) is 0.666. The van der Waals surface area contributed by atoms with Crippen LogP contribution in [0, 0.1) is 0 Å². The molecule has 3 rings (SSSR count). The summed E-state index contributed by atoms with van der Waals surface area (Å²) in [6.45, 7) is 1.80. The molecule has 2 amide bonds. The predicted molar refractivity (Wildman–Crippen MR) is 95.6 cm³/mol. The number of hydrogen-bond donors (Lipinski definition) is 0. The quantitative estimate of drug-likeness (QED) is 0.835. The summed E-state index contributed by atoms with van der Waals surface area (Å²) in [6.07, 6.45) is 1.60. The molecule has 0 spiro atoms. The highest BCUT2D eigenvalue weighted by atomic mass is 16.5. The third-order valence-electron chi connectivity index (χ3n) is 4.38. The van der Waals surface area contributed by atoms with Crippen molar-refractivity contribution in [2.45, 2.75) is 0 Å². The summed E-state index contributed by atoms with van der Waals surface area (Å²) in [7, 11) is 3.05. The number of rotatable bonds is 4. The fourth-order valence-electron chi connectivity index (χ4n) is 2.98. The first-order valence-corrected chi connectivity index (χ1v) is 8.36. The van der Waals surface area contributed by atoms with Gasteiger partial charge in [0.15, 0.2) is 0 Å². The average molecular weight is 355 g/mol. The highest BCUT2D eigenvalue weighted by molar-refractivity contribution is 6.00. The molecule has 1 aliphatic rings. The van der Waals surface area contributed by atoms with Crippen molar-refractivity contribution in [1.29, 1.82) is 0 Å². The standard InChI is InChI=1S/C19H21N3O4/c1-25-15-7-5-8-16(26-2)17(15)19(24)22-12-10-21(11-13-22)18(23)14-6-3-4-9-20-14/h3-9H,10-13H2,1-2H3. The summed E-state index contributed by atoms with van der Waals surface area (Å²) in [6, 6.07) is 10.5. The number of aromatic nitrogens is 1. The molecule has 1 saturated heterocycles. The van der Waals surface area contributed by atoms with Crippen molar-refractivity contribution in [3.8, 4) is 11.5 Å². The van der Waals surface area contributed by atoms with Gasteiger partial charge in [0.2, 0.25) is 0 Å². The highest BCUT2D eigenvalue weighted by Crippen LogP contribution is 2.29. The van der Waals surface area contributed by atoms with Crippen LogP contribution < -0.4 is 9.47 Å². The van der Waals surface area contributed by atoms with Crippen LogP contribution in [0.2, 0.25) is 0 Å². The van der Waals surface area contributed by atoms with E-state index in [4.69, 9.17) is 9.47 Å². The Hall–Kier alpha value is -3.09. The first kappa shape index (κ1) is 17.7. The van der Waals surface area contributed by atoms with Gasteiger partial charge in [0.05, 0.1) is 14.2 Å². The molecule has 0 N–H and O–H groups in total. The molecule has 26 heavy (non-hydrogen) atoms. The van der Waals surface area contributed by atoms with E-state index >= 15 is 0 Å². The minimum absolute atomic E-state index is 0.118. The summed E-state index contributed by atoms with van der Waals surface area (Å²) in [5.41, 5.74) is 0.820. The van der Waals surface area contributed by atoms with E-state index in [1.54, 1.807) is 52.4 Å². The topological polar surface area (TPSA) is 72.0 Å². The van der Waals surface area contributed by atoms with Gasteiger partial charge in [0.25, 0.3) is 11.8 Å². The van der Waals surface area contributed by atoms with Gasteiger partial charge in [-0.2, -0.15) is 0 Å². The van der Waals surface area contributed by atoms with Crippen molar-refractivity contribution in [3.63, 3.8) is 0 Å². The van der Waals surface area contributed by atoms with E-state index in [1.807, 2.05) is 0 Å².